The van der Waals surface area contributed by atoms with E-state index in [1.54, 1.807) is 0 Å². The highest BCUT2D eigenvalue weighted by molar-refractivity contribution is 5.43. The Hall–Kier alpha value is -1.96. The first-order valence-electron chi connectivity index (χ1n) is 7.20. The predicted octanol–water partition coefficient (Wildman–Crippen LogP) is 1.68. The SMILES string of the molecule is CCCNc1ncc([N+](=O)[O-])c(OC2CCN(C)CC2)n1. The van der Waals surface area contributed by atoms with Crippen LogP contribution in [0.25, 0.3) is 0 Å². The lowest BCUT2D eigenvalue weighted by molar-refractivity contribution is -0.386. The van der Waals surface area contributed by atoms with E-state index in [2.05, 4.69) is 27.2 Å². The Morgan fingerprint density at radius 1 is 1.52 bits per heavy atom. The summed E-state index contributed by atoms with van der Waals surface area (Å²) in [5.74, 6) is 0.425. The number of rotatable bonds is 6. The molecule has 0 spiro atoms. The van der Waals surface area contributed by atoms with Crippen molar-refractivity contribution >= 4 is 11.6 Å². The molecule has 1 aromatic heterocycles. The van der Waals surface area contributed by atoms with E-state index in [4.69, 9.17) is 4.74 Å². The standard InChI is InChI=1S/C13H21N5O3/c1-3-6-14-13-15-9-11(18(19)20)12(16-13)21-10-4-7-17(2)8-5-10/h9-10H,3-8H2,1-2H3,(H,14,15,16). The van der Waals surface area contributed by atoms with Crippen LogP contribution in [0.2, 0.25) is 0 Å². The Balaban J connectivity index is 2.12. The molecule has 0 saturated carbocycles. The average Bonchev–Trinajstić information content (AvgIpc) is 2.47. The van der Waals surface area contributed by atoms with Crippen LogP contribution in [0.1, 0.15) is 26.2 Å². The van der Waals surface area contributed by atoms with Gasteiger partial charge in [-0.05, 0) is 26.3 Å². The van der Waals surface area contributed by atoms with E-state index in [9.17, 15) is 10.1 Å². The van der Waals surface area contributed by atoms with Crippen molar-refractivity contribution in [1.29, 1.82) is 0 Å². The second-order valence-corrected chi connectivity index (χ2v) is 5.19. The van der Waals surface area contributed by atoms with E-state index < -0.39 is 4.92 Å². The fourth-order valence-electron chi connectivity index (χ4n) is 2.15. The lowest BCUT2D eigenvalue weighted by atomic mass is 10.1. The van der Waals surface area contributed by atoms with Crippen LogP contribution in [-0.4, -0.2) is 52.6 Å². The minimum absolute atomic E-state index is 0.0335. The number of hydrogen-bond acceptors (Lipinski definition) is 7. The second kappa shape index (κ2) is 7.16. The molecular formula is C13H21N5O3. The molecule has 1 aliphatic heterocycles. The molecule has 8 nitrogen and oxygen atoms in total. The molecule has 2 heterocycles. The number of hydrogen-bond donors (Lipinski definition) is 1. The number of likely N-dealkylation sites (tertiary alicyclic amines) is 1. The molecule has 116 valence electrons. The van der Waals surface area contributed by atoms with E-state index in [0.29, 0.717) is 12.5 Å². The van der Waals surface area contributed by atoms with Crippen molar-refractivity contribution in [2.75, 3.05) is 32.0 Å². The highest BCUT2D eigenvalue weighted by Gasteiger charge is 2.24. The summed E-state index contributed by atoms with van der Waals surface area (Å²) in [5.41, 5.74) is -0.184. The zero-order valence-electron chi connectivity index (χ0n) is 12.4. The van der Waals surface area contributed by atoms with Gasteiger partial charge in [0.25, 0.3) is 5.88 Å². The van der Waals surface area contributed by atoms with Crippen molar-refractivity contribution in [3.63, 3.8) is 0 Å². The molecule has 21 heavy (non-hydrogen) atoms. The zero-order valence-corrected chi connectivity index (χ0v) is 12.4. The summed E-state index contributed by atoms with van der Waals surface area (Å²) in [6, 6.07) is 0. The third-order valence-corrected chi connectivity index (χ3v) is 3.41. The Morgan fingerprint density at radius 2 is 2.24 bits per heavy atom. The van der Waals surface area contributed by atoms with Crippen LogP contribution in [0.4, 0.5) is 11.6 Å². The van der Waals surface area contributed by atoms with Gasteiger partial charge in [0.15, 0.2) is 0 Å². The zero-order chi connectivity index (χ0) is 15.2. The number of nitro groups is 1. The summed E-state index contributed by atoms with van der Waals surface area (Å²) in [6.45, 7) is 4.58. The highest BCUT2D eigenvalue weighted by Crippen LogP contribution is 2.27. The fraction of sp³-hybridized carbons (Fsp3) is 0.692. The first-order valence-corrected chi connectivity index (χ1v) is 7.20. The second-order valence-electron chi connectivity index (χ2n) is 5.19. The maximum Gasteiger partial charge on any atom is 0.349 e. The molecule has 0 aliphatic carbocycles. The van der Waals surface area contributed by atoms with Gasteiger partial charge < -0.3 is 15.0 Å². The topological polar surface area (TPSA) is 93.4 Å². The molecule has 0 bridgehead atoms. The van der Waals surface area contributed by atoms with Crippen LogP contribution >= 0.6 is 0 Å². The first kappa shape index (κ1) is 15.4. The first-order chi connectivity index (χ1) is 10.1. The third kappa shape index (κ3) is 4.25. The van der Waals surface area contributed by atoms with Crippen LogP contribution < -0.4 is 10.1 Å². The largest absolute Gasteiger partial charge is 0.469 e. The lowest BCUT2D eigenvalue weighted by Crippen LogP contribution is -2.35. The summed E-state index contributed by atoms with van der Waals surface area (Å²) in [6.07, 6.45) is 3.78. The Morgan fingerprint density at radius 3 is 2.86 bits per heavy atom. The van der Waals surface area contributed by atoms with Crippen LogP contribution in [0, 0.1) is 10.1 Å². The van der Waals surface area contributed by atoms with Gasteiger partial charge in [-0.15, -0.1) is 0 Å². The van der Waals surface area contributed by atoms with Gasteiger partial charge in [-0.2, -0.15) is 4.98 Å². The van der Waals surface area contributed by atoms with E-state index in [1.807, 2.05) is 6.92 Å². The smallest absolute Gasteiger partial charge is 0.349 e. The van der Waals surface area contributed by atoms with Gasteiger partial charge in [0.2, 0.25) is 5.95 Å². The van der Waals surface area contributed by atoms with Crippen molar-refractivity contribution in [2.45, 2.75) is 32.3 Å². The summed E-state index contributed by atoms with van der Waals surface area (Å²) in [4.78, 5) is 20.9. The molecule has 1 saturated heterocycles. The van der Waals surface area contributed by atoms with Crippen LogP contribution in [-0.2, 0) is 0 Å². The van der Waals surface area contributed by atoms with Gasteiger partial charge in [-0.25, -0.2) is 4.98 Å². The highest BCUT2D eigenvalue weighted by atomic mass is 16.6. The van der Waals surface area contributed by atoms with Crippen LogP contribution in [0.3, 0.4) is 0 Å². The van der Waals surface area contributed by atoms with Gasteiger partial charge in [0, 0.05) is 19.6 Å². The van der Waals surface area contributed by atoms with Crippen molar-refractivity contribution in [3.05, 3.63) is 16.3 Å². The van der Waals surface area contributed by atoms with E-state index in [1.165, 1.54) is 6.20 Å². The van der Waals surface area contributed by atoms with Crippen molar-refractivity contribution in [3.8, 4) is 5.88 Å². The molecule has 2 rings (SSSR count). The summed E-state index contributed by atoms with van der Waals surface area (Å²) in [5, 5.41) is 14.1. The van der Waals surface area contributed by atoms with Crippen LogP contribution in [0.15, 0.2) is 6.20 Å². The average molecular weight is 295 g/mol. The Bertz CT molecular complexity index is 489. The van der Waals surface area contributed by atoms with E-state index in [-0.39, 0.29) is 17.7 Å². The monoisotopic (exact) mass is 295 g/mol. The third-order valence-electron chi connectivity index (χ3n) is 3.41. The summed E-state index contributed by atoms with van der Waals surface area (Å²) in [7, 11) is 2.05. The van der Waals surface area contributed by atoms with Gasteiger partial charge in [-0.3, -0.25) is 10.1 Å². The molecule has 0 amide bonds. The minimum Gasteiger partial charge on any atom is -0.469 e. The summed E-state index contributed by atoms with van der Waals surface area (Å²) >= 11 is 0. The number of anilines is 1. The van der Waals surface area contributed by atoms with Gasteiger partial charge in [-0.1, -0.05) is 6.92 Å². The molecule has 0 radical (unpaired) electrons. The van der Waals surface area contributed by atoms with Crippen molar-refractivity contribution < 1.29 is 9.66 Å². The molecule has 1 N–H and O–H groups in total. The Labute approximate surface area is 123 Å². The van der Waals surface area contributed by atoms with Gasteiger partial charge in [0.05, 0.1) is 4.92 Å². The predicted molar refractivity (Wildman–Crippen MR) is 78.6 cm³/mol. The molecule has 0 atom stereocenters. The number of nitrogens with zero attached hydrogens (tertiary/aromatic N) is 4. The number of piperidine rings is 1. The molecular weight excluding hydrogens is 274 g/mol. The van der Waals surface area contributed by atoms with Gasteiger partial charge in [0.1, 0.15) is 12.3 Å². The number of aromatic nitrogens is 2. The lowest BCUT2D eigenvalue weighted by Gasteiger charge is -2.28. The van der Waals surface area contributed by atoms with Crippen molar-refractivity contribution in [1.82, 2.24) is 14.9 Å². The minimum atomic E-state index is -0.506. The van der Waals surface area contributed by atoms with Crippen molar-refractivity contribution in [2.24, 2.45) is 0 Å². The molecule has 1 aliphatic rings. The number of nitrogens with one attached hydrogen (secondary N) is 1. The molecule has 0 aromatic carbocycles. The fourth-order valence-corrected chi connectivity index (χ4v) is 2.15. The van der Waals surface area contributed by atoms with Crippen LogP contribution in [0.5, 0.6) is 5.88 Å². The summed E-state index contributed by atoms with van der Waals surface area (Å²) < 4.78 is 5.76. The maximum atomic E-state index is 11.1. The molecule has 0 unspecified atom stereocenters. The van der Waals surface area contributed by atoms with E-state index >= 15 is 0 Å². The molecule has 8 heteroatoms. The van der Waals surface area contributed by atoms with Gasteiger partial charge >= 0.3 is 5.69 Å². The maximum absolute atomic E-state index is 11.1. The van der Waals surface area contributed by atoms with E-state index in [0.717, 1.165) is 32.4 Å². The number of ether oxygens (including phenoxy) is 1. The normalized spacial score (nSPS) is 16.7. The molecule has 1 aromatic rings. The molecule has 1 fully saturated rings. The Kier molecular flexibility index (Phi) is 5.26. The quantitative estimate of drug-likeness (QED) is 0.630.